The molecule has 11 aromatic heterocycles. The van der Waals surface area contributed by atoms with Crippen LogP contribution in [0.25, 0.3) is 282 Å². The maximum atomic E-state index is 6.63. The molecule has 1 aliphatic rings. The summed E-state index contributed by atoms with van der Waals surface area (Å²) in [6, 6.07) is 158. The fourth-order valence-corrected chi connectivity index (χ4v) is 27.1. The second-order valence-corrected chi connectivity index (χ2v) is 47.3. The molecular weight excluding hydrogens is 1900 g/mol. The second-order valence-electron chi connectivity index (χ2n) is 39.1. The van der Waals surface area contributed by atoms with Gasteiger partial charge in [0.1, 0.15) is 46.2 Å². The van der Waals surface area contributed by atoms with Gasteiger partial charge in [0.25, 0.3) is 0 Å². The van der Waals surface area contributed by atoms with Crippen LogP contribution in [0.5, 0.6) is 0 Å². The Bertz CT molecular complexity index is 10800. The van der Waals surface area contributed by atoms with E-state index >= 15 is 0 Å². The fraction of sp³-hybridized carbons (Fsp3) is 0.0376. The average Bonchev–Trinajstić information content (AvgIpc) is 1.54. The SMILES string of the molecule is CC1(C)c2ccccc2-c2cc3c4ccccc4n(-c4ccc5oc6c(-c7cccc(-c8cccc9c8sc8ccccc89)c7)ncnc6c5c4)c3cc21.CP(C)P.c1cc(-c2ncnc3c2oc2ccc(-n4c5ccccc5c5c6sc7ccccc7c6ccc54)cc23)cc(-c2cccc3c2sc2ccccc23)c1.c1ccc(-n2c3ccccc3c3cc(-c4ccc5c(c4)c4ccccc4n5-c4ccccc4)ccc32)cc1. The van der Waals surface area contributed by atoms with E-state index in [2.05, 4.69) is 491 Å². The molecule has 0 aliphatic heterocycles. The number of nitrogens with zero attached hydrogens (tertiary/aromatic N) is 8. The minimum atomic E-state index is -0.0961. The second kappa shape index (κ2) is 34.8. The van der Waals surface area contributed by atoms with Gasteiger partial charge < -0.3 is 27.1 Å². The lowest BCUT2D eigenvalue weighted by atomic mass is 9.82. The molecule has 11 heterocycles. The molecule has 0 fully saturated rings. The first kappa shape index (κ1) is 87.5. The number of benzene rings is 20. The van der Waals surface area contributed by atoms with Crippen molar-refractivity contribution in [2.24, 2.45) is 0 Å². The maximum Gasteiger partial charge on any atom is 0.180 e. The maximum absolute atomic E-state index is 6.63. The summed E-state index contributed by atoms with van der Waals surface area (Å²) >= 11 is 5.57. The average molecular weight is 1990 g/mol. The molecule has 20 aromatic carbocycles. The van der Waals surface area contributed by atoms with Gasteiger partial charge in [-0.3, -0.25) is 0 Å². The van der Waals surface area contributed by atoms with Gasteiger partial charge in [-0.05, 0) is 227 Å². The summed E-state index contributed by atoms with van der Waals surface area (Å²) in [5.74, 6) is 0. The van der Waals surface area contributed by atoms with E-state index in [1.54, 1.807) is 12.7 Å². The van der Waals surface area contributed by atoms with E-state index in [-0.39, 0.29) is 5.41 Å². The van der Waals surface area contributed by atoms with E-state index in [0.717, 1.165) is 78.0 Å². The zero-order chi connectivity index (χ0) is 98.3. The molecule has 32 rings (SSSR count). The number of thiophene rings is 3. The van der Waals surface area contributed by atoms with Gasteiger partial charge in [0.15, 0.2) is 11.2 Å². The van der Waals surface area contributed by atoms with E-state index < -0.39 is 0 Å². The highest BCUT2D eigenvalue weighted by Crippen LogP contribution is 2.54. The van der Waals surface area contributed by atoms with Crippen molar-refractivity contribution in [3.8, 4) is 89.8 Å². The van der Waals surface area contributed by atoms with Gasteiger partial charge in [0, 0.05) is 154 Å². The number of hydrogen-bond acceptors (Lipinski definition) is 9. The Balaban J connectivity index is 0.000000104. The Kier molecular flexibility index (Phi) is 20.6. The first-order valence-electron chi connectivity index (χ1n) is 49.9. The van der Waals surface area contributed by atoms with Crippen LogP contribution in [0.3, 0.4) is 0 Å². The first-order valence-corrected chi connectivity index (χ1v) is 56.2. The van der Waals surface area contributed by atoms with Crippen molar-refractivity contribution in [3.63, 3.8) is 0 Å². The quantitative estimate of drug-likeness (QED) is 0.134. The van der Waals surface area contributed by atoms with E-state index in [0.29, 0.717) is 18.8 Å². The van der Waals surface area contributed by atoms with Crippen molar-refractivity contribution in [2.75, 3.05) is 13.3 Å². The summed E-state index contributed by atoms with van der Waals surface area (Å²) in [5, 5.41) is 19.9. The van der Waals surface area contributed by atoms with Crippen LogP contribution in [0.1, 0.15) is 25.0 Å². The lowest BCUT2D eigenvalue weighted by Gasteiger charge is -2.21. The van der Waals surface area contributed by atoms with Gasteiger partial charge in [-0.15, -0.1) is 42.9 Å². The van der Waals surface area contributed by atoms with Gasteiger partial charge in [-0.1, -0.05) is 301 Å². The Morgan fingerprint density at radius 3 is 1.10 bits per heavy atom. The highest BCUT2D eigenvalue weighted by molar-refractivity contribution is 8.12. The third-order valence-electron chi connectivity index (χ3n) is 30.0. The van der Waals surface area contributed by atoms with E-state index in [9.17, 15) is 0 Å². The molecule has 10 nitrogen and oxygen atoms in total. The Hall–Kier alpha value is -17.1. The van der Waals surface area contributed by atoms with Crippen LogP contribution >= 0.6 is 50.5 Å². The van der Waals surface area contributed by atoms with Crippen LogP contribution in [-0.2, 0) is 5.41 Å². The summed E-state index contributed by atoms with van der Waals surface area (Å²) in [7, 11) is 3.02. The molecule has 0 saturated carbocycles. The van der Waals surface area contributed by atoms with Gasteiger partial charge in [-0.2, -0.15) is 0 Å². The van der Waals surface area contributed by atoms with Gasteiger partial charge >= 0.3 is 0 Å². The predicted molar refractivity (Wildman–Crippen MR) is 634 cm³/mol. The molecule has 1 atom stereocenters. The van der Waals surface area contributed by atoms with Crippen molar-refractivity contribution in [3.05, 3.63) is 461 Å². The summed E-state index contributed by atoms with van der Waals surface area (Å²) in [4.78, 5) is 19.2. The highest BCUT2D eigenvalue weighted by Gasteiger charge is 2.37. The van der Waals surface area contributed by atoms with Crippen LogP contribution in [0.4, 0.5) is 0 Å². The standard InChI is InChI=1S/C49H31N3OS.C46H25N3OS2.C36H24N2.C2H8P2/c1-49(2)39-18-6-3-13-32(39)36-25-37-33-14-4-7-19-41(33)52(42(37)26-40(36)49)30-21-22-43-38(24-30)46-47(53-43)45(50-27-51-46)29-12-9-11-28(23-29)31-16-10-17-35-34-15-5-8-20-44(34)54-48(31)35;1-4-16-36-34(13-1)41-37(21-20-33-31-12-3-6-18-40(31)52-46(33)41)49(36)28-19-22-38-35(24-28)43-44(50-38)42(47-25-48-43)27-10-7-9-26(23-27)29-14-8-15-32-30-11-2-5-17-39(30)51-45(29)32;1-3-11-27(12-4-1)37-33-17-9-7-15-29(33)31-23-25(19-21-35(31)37)26-20-22-36-32(24-26)30-16-8-10-18-34(30)38(36)28-13-5-2-6-14-28;1-4(2)3/h3-27H,1-2H3;1-25H;1-24H;3H2,1-2H3. The summed E-state index contributed by atoms with van der Waals surface area (Å²) < 4.78 is 30.6. The van der Waals surface area contributed by atoms with Crippen LogP contribution in [0.2, 0.25) is 0 Å². The van der Waals surface area contributed by atoms with Gasteiger partial charge in [0.05, 0.1) is 44.1 Å². The molecule has 0 spiro atoms. The largest absolute Gasteiger partial charge is 0.452 e. The Morgan fingerprint density at radius 1 is 0.243 bits per heavy atom. The molecule has 0 amide bonds. The number of hydrogen-bond donors (Lipinski definition) is 0. The van der Waals surface area contributed by atoms with Crippen molar-refractivity contribution >= 4 is 242 Å². The van der Waals surface area contributed by atoms with Crippen molar-refractivity contribution in [1.29, 1.82) is 0 Å². The van der Waals surface area contributed by atoms with Crippen molar-refractivity contribution in [1.82, 2.24) is 38.2 Å². The normalized spacial score (nSPS) is 12.5. The first-order chi connectivity index (χ1) is 72.9. The molecular formula is C133H88N8O2P2S3. The van der Waals surface area contributed by atoms with Gasteiger partial charge in [0.2, 0.25) is 0 Å². The van der Waals surface area contributed by atoms with Crippen LogP contribution in [-0.4, -0.2) is 51.5 Å². The minimum absolute atomic E-state index is 0.0961. The Labute approximate surface area is 865 Å². The third kappa shape index (κ3) is 14.0. The number of fused-ring (bicyclic) bond motifs is 31. The monoisotopic (exact) mass is 1990 g/mol. The lowest BCUT2D eigenvalue weighted by Crippen LogP contribution is -2.14. The lowest BCUT2D eigenvalue weighted by molar-refractivity contribution is 0.661. The van der Waals surface area contributed by atoms with Crippen LogP contribution in [0, 0.1) is 0 Å². The number of furan rings is 2. The number of para-hydroxylation sites is 6. The van der Waals surface area contributed by atoms with Crippen LogP contribution < -0.4 is 0 Å². The smallest absolute Gasteiger partial charge is 0.180 e. The van der Waals surface area contributed by atoms with Crippen molar-refractivity contribution in [2.45, 2.75) is 19.3 Å². The molecule has 1 unspecified atom stereocenters. The molecule has 0 radical (unpaired) electrons. The topological polar surface area (TPSA) is 97.6 Å². The molecule has 1 aliphatic carbocycles. The van der Waals surface area contributed by atoms with Crippen molar-refractivity contribution < 1.29 is 8.83 Å². The molecule has 148 heavy (non-hydrogen) atoms. The Morgan fingerprint density at radius 2 is 0.608 bits per heavy atom. The molecule has 0 saturated heterocycles. The van der Waals surface area contributed by atoms with E-state index in [1.165, 1.54) is 204 Å². The molecule has 0 bridgehead atoms. The van der Waals surface area contributed by atoms with E-state index in [4.69, 9.17) is 28.8 Å². The number of rotatable bonds is 9. The summed E-state index contributed by atoms with van der Waals surface area (Å²) in [6.45, 7) is 9.08. The fourth-order valence-electron chi connectivity index (χ4n) is 23.4. The zero-order valence-corrected chi connectivity index (χ0v) is 85.4. The number of aromatic nitrogens is 8. The molecule has 700 valence electrons. The zero-order valence-electron chi connectivity index (χ0n) is 80.9. The minimum Gasteiger partial charge on any atom is -0.452 e. The summed E-state index contributed by atoms with van der Waals surface area (Å²) in [5.41, 5.74) is 34.8. The molecule has 15 heteroatoms. The molecule has 0 N–H and O–H groups in total. The highest BCUT2D eigenvalue weighted by atomic mass is 32.1. The molecule has 31 aromatic rings. The summed E-state index contributed by atoms with van der Waals surface area (Å²) in [6.07, 6.45) is 3.33. The third-order valence-corrected chi connectivity index (χ3v) is 33.6. The predicted octanol–water partition coefficient (Wildman–Crippen LogP) is 38.1. The van der Waals surface area contributed by atoms with Crippen LogP contribution in [0.15, 0.2) is 458 Å². The van der Waals surface area contributed by atoms with Gasteiger partial charge in [-0.25, -0.2) is 19.9 Å². The van der Waals surface area contributed by atoms with E-state index in [1.807, 2.05) is 34.0 Å².